The predicted octanol–water partition coefficient (Wildman–Crippen LogP) is 4.04. The highest BCUT2D eigenvalue weighted by molar-refractivity contribution is 5.97. The number of hydrogen-bond donors (Lipinski definition) is 1. The number of fused-ring (bicyclic) bond motifs is 1. The van der Waals surface area contributed by atoms with Crippen LogP contribution in [0.2, 0.25) is 0 Å². The van der Waals surface area contributed by atoms with Crippen molar-refractivity contribution in [1.29, 1.82) is 0 Å². The number of hydrogen-bond acceptors (Lipinski definition) is 4. The first-order chi connectivity index (χ1) is 13.5. The molecule has 4 rings (SSSR count). The van der Waals surface area contributed by atoms with Crippen LogP contribution < -0.4 is 5.32 Å². The molecule has 1 amide bonds. The van der Waals surface area contributed by atoms with Gasteiger partial charge in [-0.15, -0.1) is 0 Å². The maximum atomic E-state index is 13.3. The van der Waals surface area contributed by atoms with Gasteiger partial charge in [0, 0.05) is 12.2 Å². The van der Waals surface area contributed by atoms with E-state index < -0.39 is 0 Å². The fourth-order valence-corrected chi connectivity index (χ4v) is 3.52. The van der Waals surface area contributed by atoms with Crippen LogP contribution in [0.3, 0.4) is 0 Å². The summed E-state index contributed by atoms with van der Waals surface area (Å²) in [7, 11) is 0. The van der Waals surface area contributed by atoms with E-state index in [9.17, 15) is 9.18 Å². The van der Waals surface area contributed by atoms with E-state index in [0.717, 1.165) is 35.3 Å². The summed E-state index contributed by atoms with van der Waals surface area (Å²) in [6.07, 6.45) is 1.67. The minimum Gasteiger partial charge on any atom is -0.376 e. The summed E-state index contributed by atoms with van der Waals surface area (Å²) in [5.74, 6) is -0.522. The normalized spacial score (nSPS) is 17.6. The number of benzene rings is 2. The molecule has 1 saturated heterocycles. The second-order valence-corrected chi connectivity index (χ2v) is 7.15. The lowest BCUT2D eigenvalue weighted by molar-refractivity contribution is 0.0672. The van der Waals surface area contributed by atoms with Crippen LogP contribution in [0.5, 0.6) is 0 Å². The number of aromatic nitrogens is 2. The highest BCUT2D eigenvalue weighted by atomic mass is 19.1. The molecule has 3 aromatic rings. The summed E-state index contributed by atoms with van der Waals surface area (Å²) in [4.78, 5) is 22.0. The summed E-state index contributed by atoms with van der Waals surface area (Å²) in [6, 6.07) is 11.2. The average Bonchev–Trinajstić information content (AvgIpc) is 3.22. The lowest BCUT2D eigenvalue weighted by Crippen LogP contribution is -2.36. The number of rotatable bonds is 4. The van der Waals surface area contributed by atoms with E-state index in [-0.39, 0.29) is 23.9 Å². The van der Waals surface area contributed by atoms with Gasteiger partial charge >= 0.3 is 0 Å². The maximum Gasteiger partial charge on any atom is 0.251 e. The molecular formula is C22H22FN3O2. The van der Waals surface area contributed by atoms with Gasteiger partial charge in [-0.1, -0.05) is 12.1 Å². The molecule has 2 heterocycles. The molecule has 0 unspecified atom stereocenters. The highest BCUT2D eigenvalue weighted by Gasteiger charge is 2.29. The Morgan fingerprint density at radius 3 is 2.50 bits per heavy atom. The Balaban J connectivity index is 1.62. The van der Waals surface area contributed by atoms with Gasteiger partial charge in [-0.25, -0.2) is 14.4 Å². The van der Waals surface area contributed by atoms with Crippen molar-refractivity contribution in [3.63, 3.8) is 0 Å². The molecule has 1 aliphatic rings. The Bertz CT molecular complexity index is 1010. The van der Waals surface area contributed by atoms with E-state index in [1.165, 1.54) is 12.1 Å². The zero-order valence-corrected chi connectivity index (χ0v) is 15.9. The lowest BCUT2D eigenvalue weighted by atomic mass is 9.98. The number of carbonyl (C=O) groups excluding carboxylic acids is 1. The van der Waals surface area contributed by atoms with E-state index in [0.29, 0.717) is 17.7 Å². The Hall–Kier alpha value is -2.86. The van der Waals surface area contributed by atoms with Crippen LogP contribution in [0.4, 0.5) is 4.39 Å². The van der Waals surface area contributed by atoms with Crippen LogP contribution in [-0.4, -0.2) is 28.6 Å². The summed E-state index contributed by atoms with van der Waals surface area (Å²) in [6.45, 7) is 4.48. The van der Waals surface area contributed by atoms with E-state index in [4.69, 9.17) is 4.74 Å². The van der Waals surface area contributed by atoms with Crippen molar-refractivity contribution in [1.82, 2.24) is 15.3 Å². The highest BCUT2D eigenvalue weighted by Crippen LogP contribution is 2.28. The van der Waals surface area contributed by atoms with Crippen LogP contribution in [0.1, 0.15) is 46.2 Å². The van der Waals surface area contributed by atoms with E-state index in [1.807, 2.05) is 19.9 Å². The SMILES string of the molecule is Cc1nc2ccc(C(=O)N[C@@H](c3ccc(F)cc3)[C@H]3CCCO3)cc2nc1C. The fourth-order valence-electron chi connectivity index (χ4n) is 3.52. The molecule has 0 bridgehead atoms. The minimum absolute atomic E-state index is 0.125. The number of nitrogens with zero attached hydrogens (tertiary/aromatic N) is 2. The van der Waals surface area contributed by atoms with Crippen molar-refractivity contribution in [2.24, 2.45) is 0 Å². The van der Waals surface area contributed by atoms with E-state index >= 15 is 0 Å². The van der Waals surface area contributed by atoms with Crippen molar-refractivity contribution in [2.75, 3.05) is 6.61 Å². The zero-order chi connectivity index (χ0) is 19.7. The third kappa shape index (κ3) is 3.73. The minimum atomic E-state index is -0.336. The van der Waals surface area contributed by atoms with Gasteiger partial charge in [-0.2, -0.15) is 0 Å². The molecule has 1 N–H and O–H groups in total. The standard InChI is InChI=1S/C22H22FN3O2/c1-13-14(2)25-19-12-16(7-10-18(19)24-13)22(27)26-21(20-4-3-11-28-20)15-5-8-17(23)9-6-15/h5-10,12,20-21H,3-4,11H2,1-2H3,(H,26,27)/t20-,21+/m1/s1. The van der Waals surface area contributed by atoms with Crippen LogP contribution in [0.25, 0.3) is 11.0 Å². The third-order valence-corrected chi connectivity index (χ3v) is 5.19. The molecule has 0 saturated carbocycles. The van der Waals surface area contributed by atoms with Crippen molar-refractivity contribution < 1.29 is 13.9 Å². The number of carbonyl (C=O) groups is 1. The summed E-state index contributed by atoms with van der Waals surface area (Å²) >= 11 is 0. The van der Waals surface area contributed by atoms with Gasteiger partial charge in [0.2, 0.25) is 0 Å². The van der Waals surface area contributed by atoms with Crippen LogP contribution in [-0.2, 0) is 4.74 Å². The molecule has 6 heteroatoms. The lowest BCUT2D eigenvalue weighted by Gasteiger charge is -2.25. The van der Waals surface area contributed by atoms with Crippen molar-refractivity contribution in [2.45, 2.75) is 38.8 Å². The van der Waals surface area contributed by atoms with Gasteiger partial charge in [0.15, 0.2) is 0 Å². The maximum absolute atomic E-state index is 13.3. The molecule has 1 fully saturated rings. The smallest absolute Gasteiger partial charge is 0.251 e. The molecule has 0 spiro atoms. The molecule has 5 nitrogen and oxygen atoms in total. The molecule has 1 aromatic heterocycles. The van der Waals surface area contributed by atoms with Gasteiger partial charge in [0.1, 0.15) is 5.82 Å². The molecule has 0 radical (unpaired) electrons. The van der Waals surface area contributed by atoms with Crippen molar-refractivity contribution >= 4 is 16.9 Å². The topological polar surface area (TPSA) is 64.1 Å². The van der Waals surface area contributed by atoms with Gasteiger partial charge < -0.3 is 10.1 Å². The zero-order valence-electron chi connectivity index (χ0n) is 15.9. The first kappa shape index (κ1) is 18.5. The molecule has 2 aromatic carbocycles. The van der Waals surface area contributed by atoms with Crippen molar-refractivity contribution in [3.8, 4) is 0 Å². The summed E-state index contributed by atoms with van der Waals surface area (Å²) < 4.78 is 19.1. The molecular weight excluding hydrogens is 357 g/mol. The van der Waals surface area contributed by atoms with Crippen LogP contribution >= 0.6 is 0 Å². The number of amides is 1. The monoisotopic (exact) mass is 379 g/mol. The first-order valence-electron chi connectivity index (χ1n) is 9.44. The Morgan fingerprint density at radius 1 is 1.11 bits per heavy atom. The second-order valence-electron chi connectivity index (χ2n) is 7.15. The molecule has 28 heavy (non-hydrogen) atoms. The Kier molecular flexibility index (Phi) is 5.05. The van der Waals surface area contributed by atoms with E-state index in [2.05, 4.69) is 15.3 Å². The first-order valence-corrected chi connectivity index (χ1v) is 9.44. The summed E-state index contributed by atoms with van der Waals surface area (Å²) in [5, 5.41) is 3.07. The molecule has 2 atom stereocenters. The van der Waals surface area contributed by atoms with Gasteiger partial charge in [-0.3, -0.25) is 4.79 Å². The second kappa shape index (κ2) is 7.64. The summed E-state index contributed by atoms with van der Waals surface area (Å²) in [5.41, 5.74) is 4.50. The quantitative estimate of drug-likeness (QED) is 0.743. The predicted molar refractivity (Wildman–Crippen MR) is 105 cm³/mol. The fraction of sp³-hybridized carbons (Fsp3) is 0.318. The molecule has 1 aliphatic heterocycles. The third-order valence-electron chi connectivity index (χ3n) is 5.19. The average molecular weight is 379 g/mol. The largest absolute Gasteiger partial charge is 0.376 e. The number of halogens is 1. The Morgan fingerprint density at radius 2 is 1.82 bits per heavy atom. The van der Waals surface area contributed by atoms with Gasteiger partial charge in [0.25, 0.3) is 5.91 Å². The van der Waals surface area contributed by atoms with Crippen LogP contribution in [0, 0.1) is 19.7 Å². The van der Waals surface area contributed by atoms with Gasteiger partial charge in [0.05, 0.1) is 34.6 Å². The van der Waals surface area contributed by atoms with Crippen LogP contribution in [0.15, 0.2) is 42.5 Å². The van der Waals surface area contributed by atoms with Gasteiger partial charge in [-0.05, 0) is 62.6 Å². The van der Waals surface area contributed by atoms with Crippen molar-refractivity contribution in [3.05, 3.63) is 70.8 Å². The molecule has 0 aliphatic carbocycles. The Labute approximate surface area is 163 Å². The number of aryl methyl sites for hydroxylation is 2. The number of nitrogens with one attached hydrogen (secondary N) is 1. The number of ether oxygens (including phenoxy) is 1. The van der Waals surface area contributed by atoms with E-state index in [1.54, 1.807) is 24.3 Å². The molecule has 144 valence electrons.